The number of H-pyrrole nitrogens is 1. The molecule has 3 heterocycles. The molecule has 0 bridgehead atoms. The number of benzene rings is 3. The summed E-state index contributed by atoms with van der Waals surface area (Å²) in [5.41, 5.74) is 7.97. The number of amides is 5. The number of hydrogen-bond donors (Lipinski definition) is 4. The quantitative estimate of drug-likeness (QED) is 0.120. The molecule has 8 rings (SSSR count). The summed E-state index contributed by atoms with van der Waals surface area (Å²) in [6.07, 6.45) is 7.92. The van der Waals surface area contributed by atoms with Crippen LogP contribution < -0.4 is 21.5 Å². The Morgan fingerprint density at radius 2 is 1.28 bits per heavy atom. The van der Waals surface area contributed by atoms with Crippen LogP contribution in [0.4, 0.5) is 15.3 Å². The van der Waals surface area contributed by atoms with Crippen molar-refractivity contribution in [3.8, 4) is 22.3 Å². The molecule has 1 saturated carbocycles. The topological polar surface area (TPSA) is 192 Å². The van der Waals surface area contributed by atoms with E-state index in [0.717, 1.165) is 41.5 Å². The minimum atomic E-state index is -0.808. The van der Waals surface area contributed by atoms with Crippen molar-refractivity contribution < 1.29 is 33.4 Å². The third-order valence-corrected chi connectivity index (χ3v) is 14.2. The lowest BCUT2D eigenvalue weighted by Gasteiger charge is -2.30. The van der Waals surface area contributed by atoms with Crippen molar-refractivity contribution in [3.63, 3.8) is 0 Å². The predicted octanol–water partition coefficient (Wildman–Crippen LogP) is 7.27. The molecule has 65 heavy (non-hydrogen) atoms. The number of carbonyl (C=O) groups excluding carboxylic acids is 5. The van der Waals surface area contributed by atoms with Crippen molar-refractivity contribution in [2.24, 2.45) is 17.3 Å². The third-order valence-electron chi connectivity index (χ3n) is 14.2. The summed E-state index contributed by atoms with van der Waals surface area (Å²) in [5, 5.41) is 8.82. The Kier molecular flexibility index (Phi) is 13.0. The predicted molar refractivity (Wildman–Crippen MR) is 247 cm³/mol. The van der Waals surface area contributed by atoms with Crippen molar-refractivity contribution in [1.29, 1.82) is 0 Å². The van der Waals surface area contributed by atoms with Gasteiger partial charge in [-0.3, -0.25) is 19.2 Å². The minimum absolute atomic E-state index is 0.178. The first kappa shape index (κ1) is 45.3. The zero-order valence-electron chi connectivity index (χ0n) is 38.3. The molecule has 5 amide bonds. The maximum Gasteiger partial charge on any atom is 0.407 e. The molecule has 2 aliphatic carbocycles. The molecule has 15 heteroatoms. The molecule has 2 saturated heterocycles. The molecular weight excluding hydrogens is 827 g/mol. The second-order valence-corrected chi connectivity index (χ2v) is 19.0. The standard InChI is InChI=1S/C50H61N7O8/c1-28(2)41(53-48(62)64-5)46(60)56-23-9-11-39(56)43-52-38-20-15-31(25-35(38)44(58)55-43)34-19-18-33(36-26-50(27-37(34)36)21-7-8-22-50)30-13-16-32(17-14-30)51-45(59)40-12-10-24-57(40)47(61)42(29(3)4)54-49(63)65-6/h13-20,25,28-29,39-42H,7-12,21-24,26-27H2,1-6H3,(H,51,59)(H,53,62)(H,54,63)(H,52,55,58)/t39?,40-,41-,42-/m0/s1. The van der Waals surface area contributed by atoms with Crippen molar-refractivity contribution in [3.05, 3.63) is 81.9 Å². The maximum absolute atomic E-state index is 13.9. The molecule has 4 aromatic rings. The Labute approximate surface area is 379 Å². The number of anilines is 1. The van der Waals surface area contributed by atoms with E-state index in [9.17, 15) is 28.8 Å². The number of hydrogen-bond acceptors (Lipinski definition) is 9. The van der Waals surface area contributed by atoms with Crippen LogP contribution in [0.15, 0.2) is 59.4 Å². The molecule has 1 spiro atoms. The van der Waals surface area contributed by atoms with Crippen molar-refractivity contribution in [1.82, 2.24) is 30.4 Å². The highest BCUT2D eigenvalue weighted by atomic mass is 16.5. The van der Waals surface area contributed by atoms with E-state index >= 15 is 0 Å². The largest absolute Gasteiger partial charge is 0.453 e. The molecule has 1 aromatic heterocycles. The highest BCUT2D eigenvalue weighted by Gasteiger charge is 2.43. The molecule has 2 aliphatic heterocycles. The summed E-state index contributed by atoms with van der Waals surface area (Å²) in [5.74, 6) is -0.744. The fraction of sp³-hybridized carbons (Fsp3) is 0.500. The zero-order chi connectivity index (χ0) is 46.2. The van der Waals surface area contributed by atoms with Crippen LogP contribution in [0.5, 0.6) is 0 Å². The average molecular weight is 888 g/mol. The van der Waals surface area contributed by atoms with E-state index < -0.39 is 36.4 Å². The normalized spacial score (nSPS) is 19.7. The third kappa shape index (κ3) is 9.06. The molecule has 3 fully saturated rings. The molecule has 4 atom stereocenters. The molecule has 15 nitrogen and oxygen atoms in total. The van der Waals surface area contributed by atoms with E-state index in [-0.39, 0.29) is 40.5 Å². The minimum Gasteiger partial charge on any atom is -0.453 e. The lowest BCUT2D eigenvalue weighted by Crippen LogP contribution is -2.54. The van der Waals surface area contributed by atoms with E-state index in [1.807, 2.05) is 70.2 Å². The number of fused-ring (bicyclic) bond motifs is 2. The van der Waals surface area contributed by atoms with Gasteiger partial charge < -0.3 is 40.2 Å². The zero-order valence-corrected chi connectivity index (χ0v) is 38.3. The first-order valence-electron chi connectivity index (χ1n) is 23.1. The number of carbonyl (C=O) groups is 5. The molecule has 1 unspecified atom stereocenters. The van der Waals surface area contributed by atoms with Gasteiger partial charge in [-0.25, -0.2) is 14.6 Å². The van der Waals surface area contributed by atoms with Crippen LogP contribution in [-0.2, 0) is 36.7 Å². The van der Waals surface area contributed by atoms with Gasteiger partial charge in [0.1, 0.15) is 23.9 Å². The van der Waals surface area contributed by atoms with Gasteiger partial charge in [0.05, 0.1) is 31.2 Å². The second kappa shape index (κ2) is 18.7. The molecule has 4 aliphatic rings. The summed E-state index contributed by atoms with van der Waals surface area (Å²) >= 11 is 0. The van der Waals surface area contributed by atoms with E-state index in [1.165, 1.54) is 51.0 Å². The Morgan fingerprint density at radius 1 is 0.723 bits per heavy atom. The van der Waals surface area contributed by atoms with Crippen molar-refractivity contribution in [2.75, 3.05) is 32.6 Å². The van der Waals surface area contributed by atoms with Gasteiger partial charge in [-0.15, -0.1) is 0 Å². The molecule has 4 N–H and O–H groups in total. The number of methoxy groups -OCH3 is 2. The first-order chi connectivity index (χ1) is 31.2. The Bertz CT molecular complexity index is 2550. The van der Waals surface area contributed by atoms with Crippen LogP contribution in [0.3, 0.4) is 0 Å². The van der Waals surface area contributed by atoms with Crippen LogP contribution in [0.25, 0.3) is 33.2 Å². The number of alkyl carbamates (subject to hydrolysis) is 2. The summed E-state index contributed by atoms with van der Waals surface area (Å²) in [4.78, 5) is 90.2. The fourth-order valence-electron chi connectivity index (χ4n) is 10.7. The number of likely N-dealkylation sites (tertiary alicyclic amines) is 2. The molecule has 3 aromatic carbocycles. The summed E-state index contributed by atoms with van der Waals surface area (Å²) < 4.78 is 9.52. The lowest BCUT2D eigenvalue weighted by molar-refractivity contribution is -0.139. The SMILES string of the molecule is COC(=O)N[C@H](C(=O)N1CCCC1c1nc2ccc(-c3ccc(-c4ccc(NC(=O)[C@@H]5CCCN5C(=O)[C@@H](NC(=O)OC)C(C)C)cc4)c4c3CC3(CCCC3)C4)cc2c(=O)[nH]1)C(C)C. The summed E-state index contributed by atoms with van der Waals surface area (Å²) in [6.45, 7) is 8.34. The van der Waals surface area contributed by atoms with Gasteiger partial charge in [0.2, 0.25) is 17.7 Å². The number of aromatic amines is 1. The molecule has 0 radical (unpaired) electrons. The molecular formula is C50H61N7O8. The van der Waals surface area contributed by atoms with Gasteiger partial charge in [0.15, 0.2) is 0 Å². The lowest BCUT2D eigenvalue weighted by atomic mass is 9.82. The van der Waals surface area contributed by atoms with E-state index in [2.05, 4.69) is 33.1 Å². The first-order valence-corrected chi connectivity index (χ1v) is 23.1. The maximum atomic E-state index is 13.9. The molecule has 344 valence electrons. The summed E-state index contributed by atoms with van der Waals surface area (Å²) in [6, 6.07) is 15.4. The van der Waals surface area contributed by atoms with Crippen LogP contribution in [0, 0.1) is 17.3 Å². The number of rotatable bonds is 11. The van der Waals surface area contributed by atoms with E-state index in [4.69, 9.17) is 14.5 Å². The van der Waals surface area contributed by atoms with Gasteiger partial charge in [-0.05, 0) is 126 Å². The smallest absolute Gasteiger partial charge is 0.407 e. The second-order valence-electron chi connectivity index (χ2n) is 19.0. The summed E-state index contributed by atoms with van der Waals surface area (Å²) in [7, 11) is 2.52. The van der Waals surface area contributed by atoms with Crippen LogP contribution in [-0.4, -0.2) is 95.1 Å². The van der Waals surface area contributed by atoms with Gasteiger partial charge in [-0.1, -0.05) is 70.9 Å². The average Bonchev–Trinajstić information content (AvgIpc) is 4.14. The van der Waals surface area contributed by atoms with Gasteiger partial charge in [0.25, 0.3) is 5.56 Å². The van der Waals surface area contributed by atoms with Gasteiger partial charge in [-0.2, -0.15) is 0 Å². The Balaban J connectivity index is 1.03. The number of nitrogens with zero attached hydrogens (tertiary/aromatic N) is 3. The number of ether oxygens (including phenoxy) is 2. The highest BCUT2D eigenvalue weighted by Crippen LogP contribution is 2.53. The Hall–Kier alpha value is -6.25. The monoisotopic (exact) mass is 887 g/mol. The van der Waals surface area contributed by atoms with Crippen molar-refractivity contribution in [2.45, 2.75) is 116 Å². The Morgan fingerprint density at radius 3 is 1.88 bits per heavy atom. The van der Waals surface area contributed by atoms with E-state index in [0.29, 0.717) is 54.8 Å². The fourth-order valence-corrected chi connectivity index (χ4v) is 10.7. The van der Waals surface area contributed by atoms with Crippen LogP contribution in [0.2, 0.25) is 0 Å². The van der Waals surface area contributed by atoms with E-state index in [1.54, 1.807) is 9.80 Å². The number of aromatic nitrogens is 2. The van der Waals surface area contributed by atoms with Crippen LogP contribution in [0.1, 0.15) is 102 Å². The van der Waals surface area contributed by atoms with Gasteiger partial charge in [0, 0.05) is 18.8 Å². The van der Waals surface area contributed by atoms with Gasteiger partial charge >= 0.3 is 12.2 Å². The van der Waals surface area contributed by atoms with Crippen molar-refractivity contribution >= 4 is 46.5 Å². The number of nitrogens with one attached hydrogen (secondary N) is 4. The van der Waals surface area contributed by atoms with Crippen LogP contribution >= 0.6 is 0 Å². The highest BCUT2D eigenvalue weighted by molar-refractivity contribution is 5.99.